The Hall–Kier alpha value is -12.8. The number of pyridine rings is 1. The maximum absolute atomic E-state index is 11.3. The lowest BCUT2D eigenvalue weighted by molar-refractivity contribution is 0.253. The van der Waals surface area contributed by atoms with E-state index in [9.17, 15) is 9.59 Å². The van der Waals surface area contributed by atoms with Crippen LogP contribution in [0.2, 0.25) is 0 Å². The molecule has 0 fully saturated rings. The third kappa shape index (κ3) is 34.4. The molecule has 0 aliphatic carbocycles. The molecule has 0 saturated heterocycles. The fourth-order valence-electron chi connectivity index (χ4n) is 5.60. The molecule has 0 spiro atoms. The van der Waals surface area contributed by atoms with E-state index in [1.165, 1.54) is 25.6 Å². The Labute approximate surface area is 547 Å². The Kier molecular flexibility index (Phi) is 53.1. The quantitative estimate of drug-likeness (QED) is 0.106. The molecular formula is C75H81N13O4. The minimum absolute atomic E-state index is 0.183. The van der Waals surface area contributed by atoms with Crippen LogP contribution in [0.4, 0.5) is 21.0 Å². The number of urea groups is 2. The van der Waals surface area contributed by atoms with Crippen LogP contribution in [0, 0.1) is 131 Å². The molecule has 4 N–H and O–H groups in total. The van der Waals surface area contributed by atoms with Gasteiger partial charge in [-0.3, -0.25) is 0 Å². The molecule has 17 nitrogen and oxygen atoms in total. The molecule has 4 amide bonds. The van der Waals surface area contributed by atoms with E-state index in [0.717, 1.165) is 33.5 Å². The first kappa shape index (κ1) is 83.4. The first-order valence-corrected chi connectivity index (χ1v) is 29.7. The van der Waals surface area contributed by atoms with Gasteiger partial charge in [-0.2, -0.15) is 10.2 Å². The SMILES string of the molecule is C#CC#CC#CC#CC#CC#CC#CC#CC#CC#CC#C.CC.CC.CC.CC.CC.CC.CC.CC.CNC(=O)Nc1ccc(Oc2ccc(-c3cnn4cccnc34)cc2)nc1.CNC(=O)Nc1cnc(Oc2ccc(-c3cnn4cccnc34)cc2)nc1. The van der Waals surface area contributed by atoms with E-state index in [4.69, 9.17) is 22.3 Å². The zero-order valence-corrected chi connectivity index (χ0v) is 55.9. The molecular weight excluding hydrogens is 1150 g/mol. The average molecular weight is 1230 g/mol. The number of rotatable bonds is 8. The van der Waals surface area contributed by atoms with Crippen molar-refractivity contribution in [1.29, 1.82) is 0 Å². The van der Waals surface area contributed by atoms with Gasteiger partial charge in [0.15, 0.2) is 11.3 Å². The lowest BCUT2D eigenvalue weighted by atomic mass is 10.1. The number of terminal acetylenes is 2. The summed E-state index contributed by atoms with van der Waals surface area (Å²) in [7, 11) is 3.08. The largest absolute Gasteiger partial charge is 0.439 e. The fraction of sp³-hybridized carbons (Fsp3) is 0.240. The van der Waals surface area contributed by atoms with Crippen molar-refractivity contribution < 1.29 is 19.1 Å². The van der Waals surface area contributed by atoms with E-state index in [-0.39, 0.29) is 18.1 Å². The number of carbonyl (C=O) groups is 2. The van der Waals surface area contributed by atoms with E-state index in [2.05, 4.69) is 175 Å². The van der Waals surface area contributed by atoms with E-state index >= 15 is 0 Å². The number of benzene rings is 2. The van der Waals surface area contributed by atoms with Crippen LogP contribution in [0.5, 0.6) is 23.4 Å². The number of hydrogen-bond donors (Lipinski definition) is 4. The molecule has 0 radical (unpaired) electrons. The molecule has 2 aromatic carbocycles. The molecule has 6 heterocycles. The molecule has 8 rings (SSSR count). The maximum Gasteiger partial charge on any atom is 0.322 e. The number of hydrogen-bond acceptors (Lipinski definition) is 11. The summed E-state index contributed by atoms with van der Waals surface area (Å²) in [6.45, 7) is 32.0. The van der Waals surface area contributed by atoms with Crippen molar-refractivity contribution >= 4 is 34.7 Å². The minimum Gasteiger partial charge on any atom is -0.439 e. The van der Waals surface area contributed by atoms with E-state index < -0.39 is 0 Å². The smallest absolute Gasteiger partial charge is 0.322 e. The van der Waals surface area contributed by atoms with Crippen molar-refractivity contribution in [3.8, 4) is 177 Å². The fourth-order valence-corrected chi connectivity index (χ4v) is 5.60. The van der Waals surface area contributed by atoms with Gasteiger partial charge in [-0.05, 0) is 148 Å². The van der Waals surface area contributed by atoms with Gasteiger partial charge in [0, 0.05) is 79.8 Å². The van der Waals surface area contributed by atoms with E-state index in [0.29, 0.717) is 28.8 Å². The van der Waals surface area contributed by atoms with Crippen LogP contribution in [-0.2, 0) is 0 Å². The van der Waals surface area contributed by atoms with Gasteiger partial charge in [-0.1, -0.05) is 135 Å². The summed E-state index contributed by atoms with van der Waals surface area (Å²) in [6.07, 6.45) is 25.0. The van der Waals surface area contributed by atoms with Crippen LogP contribution in [-0.4, -0.2) is 70.3 Å². The summed E-state index contributed by atoms with van der Waals surface area (Å²) in [5, 5.41) is 18.7. The third-order valence-electron chi connectivity index (χ3n) is 8.86. The maximum atomic E-state index is 11.3. The highest BCUT2D eigenvalue weighted by Crippen LogP contribution is 2.29. The first-order chi connectivity index (χ1) is 45.4. The zero-order valence-electron chi connectivity index (χ0n) is 55.9. The van der Waals surface area contributed by atoms with Gasteiger partial charge in [0.2, 0.25) is 5.88 Å². The van der Waals surface area contributed by atoms with E-state index in [1.807, 2.05) is 184 Å². The third-order valence-corrected chi connectivity index (χ3v) is 8.86. The number of aromatic nitrogens is 9. The van der Waals surface area contributed by atoms with Crippen molar-refractivity contribution in [2.45, 2.75) is 111 Å². The Morgan fingerprint density at radius 2 is 0.717 bits per heavy atom. The van der Waals surface area contributed by atoms with Gasteiger partial charge in [0.05, 0.1) is 42.4 Å². The van der Waals surface area contributed by atoms with Crippen molar-refractivity contribution in [2.24, 2.45) is 0 Å². The number of nitrogens with zero attached hydrogens (tertiary/aromatic N) is 9. The summed E-state index contributed by atoms with van der Waals surface area (Å²) < 4.78 is 14.8. The molecule has 0 saturated carbocycles. The van der Waals surface area contributed by atoms with Gasteiger partial charge >= 0.3 is 18.1 Å². The Morgan fingerprint density at radius 3 is 1.04 bits per heavy atom. The van der Waals surface area contributed by atoms with Gasteiger partial charge < -0.3 is 30.7 Å². The van der Waals surface area contributed by atoms with Crippen LogP contribution < -0.4 is 30.7 Å². The first-order valence-electron chi connectivity index (χ1n) is 29.7. The minimum atomic E-state index is -0.343. The van der Waals surface area contributed by atoms with Crippen LogP contribution >= 0.6 is 0 Å². The Balaban J connectivity index is -0.00000117. The second kappa shape index (κ2) is 58.6. The van der Waals surface area contributed by atoms with Crippen molar-refractivity contribution in [3.05, 3.63) is 129 Å². The van der Waals surface area contributed by atoms with Crippen molar-refractivity contribution in [3.63, 3.8) is 0 Å². The summed E-state index contributed by atoms with van der Waals surface area (Å²) in [5.41, 5.74) is 6.49. The van der Waals surface area contributed by atoms with Gasteiger partial charge in [-0.15, -0.1) is 12.8 Å². The lowest BCUT2D eigenvalue weighted by Gasteiger charge is -2.07. The van der Waals surface area contributed by atoms with Crippen LogP contribution in [0.1, 0.15) is 111 Å². The lowest BCUT2D eigenvalue weighted by Crippen LogP contribution is -2.24. The van der Waals surface area contributed by atoms with E-state index in [1.54, 1.807) is 53.0 Å². The molecule has 0 bridgehead atoms. The topological polar surface area (TPSA) is 200 Å². The summed E-state index contributed by atoms with van der Waals surface area (Å²) in [4.78, 5) is 43.6. The number of nitrogens with one attached hydrogen (secondary N) is 4. The van der Waals surface area contributed by atoms with Gasteiger partial charge in [0.25, 0.3) is 0 Å². The molecule has 6 aromatic heterocycles. The normalized spacial score (nSPS) is 7.61. The molecule has 0 atom stereocenters. The number of fused-ring (bicyclic) bond motifs is 2. The number of carbonyl (C=O) groups excluding carboxylic acids is 2. The van der Waals surface area contributed by atoms with Gasteiger partial charge in [0.1, 0.15) is 11.5 Å². The van der Waals surface area contributed by atoms with Crippen molar-refractivity contribution in [2.75, 3.05) is 24.7 Å². The van der Waals surface area contributed by atoms with Gasteiger partial charge in [-0.25, -0.2) is 43.5 Å². The predicted octanol–water partition coefficient (Wildman–Crippen LogP) is 14.6. The molecule has 0 unspecified atom stereocenters. The van der Waals surface area contributed by atoms with Crippen LogP contribution in [0.3, 0.4) is 0 Å². The van der Waals surface area contributed by atoms with Crippen LogP contribution in [0.15, 0.2) is 129 Å². The standard InChI is InChI=1S/C22H2.C19H16N6O2.C18H15N7O2.8C2H6/c1-3-5-7-9-11-13-15-17-19-21-22-20-18-16-14-12-10-8-6-4-2;1-20-19(26)24-14-5-8-17(22-11-14)27-15-6-3-13(4-7-15)16-12-23-25-10-2-9-21-18(16)25;1-19-17(26)24-13-9-21-18(22-10-13)27-14-5-3-12(4-6-14)15-11-23-25-8-2-7-20-16(15)25;8*1-2/h1-2H;2-12H,1H3,(H2,20,24,26);2-11H,1H3,(H2,19,24,26);8*1-2H3. The van der Waals surface area contributed by atoms with Crippen LogP contribution in [0.25, 0.3) is 33.5 Å². The highest BCUT2D eigenvalue weighted by atomic mass is 16.5. The molecule has 470 valence electrons. The Morgan fingerprint density at radius 1 is 0.391 bits per heavy atom. The summed E-state index contributed by atoms with van der Waals surface area (Å²) in [6, 6.07) is 21.7. The zero-order chi connectivity index (χ0) is 69.4. The number of anilines is 2. The second-order valence-electron chi connectivity index (χ2n) is 13.7. The highest BCUT2D eigenvalue weighted by Gasteiger charge is 2.10. The summed E-state index contributed by atoms with van der Waals surface area (Å²) in [5.74, 6) is 49.9. The second-order valence-corrected chi connectivity index (χ2v) is 13.7. The summed E-state index contributed by atoms with van der Waals surface area (Å²) >= 11 is 0. The molecule has 92 heavy (non-hydrogen) atoms. The van der Waals surface area contributed by atoms with Crippen molar-refractivity contribution in [1.82, 2.24) is 54.8 Å². The molecule has 17 heteroatoms. The predicted molar refractivity (Wildman–Crippen MR) is 378 cm³/mol. The highest BCUT2D eigenvalue weighted by molar-refractivity contribution is 5.89. The number of amides is 4. The average Bonchev–Trinajstić information content (AvgIpc) is 1.69. The number of ether oxygens (including phenoxy) is 2. The molecule has 8 aromatic rings. The molecule has 0 aliphatic rings. The monoisotopic (exact) mass is 1230 g/mol. The molecule has 0 aliphatic heterocycles. The Bertz CT molecular complexity index is 3820.